The van der Waals surface area contributed by atoms with Crippen LogP contribution in [-0.2, 0) is 11.8 Å². The molecule has 22 heavy (non-hydrogen) atoms. The Morgan fingerprint density at radius 1 is 1.55 bits per heavy atom. The third-order valence-corrected chi connectivity index (χ3v) is 6.51. The van der Waals surface area contributed by atoms with Gasteiger partial charge in [-0.15, -0.1) is 11.3 Å². The molecule has 6 heteroatoms. The van der Waals surface area contributed by atoms with Gasteiger partial charge in [-0.05, 0) is 19.4 Å². The molecule has 4 rings (SSSR count). The summed E-state index contributed by atoms with van der Waals surface area (Å²) in [4.78, 5) is 14.5. The number of carbonyl (C=O) groups is 1. The Balaban J connectivity index is 1.57. The van der Waals surface area contributed by atoms with Gasteiger partial charge in [-0.3, -0.25) is 9.48 Å². The van der Waals surface area contributed by atoms with Crippen molar-refractivity contribution in [2.75, 3.05) is 6.61 Å². The van der Waals surface area contributed by atoms with Crippen molar-refractivity contribution in [3.8, 4) is 0 Å². The highest BCUT2D eigenvalue weighted by Crippen LogP contribution is 2.52. The average Bonchev–Trinajstić information content (AvgIpc) is 3.14. The van der Waals surface area contributed by atoms with Crippen LogP contribution in [0.4, 0.5) is 0 Å². The lowest BCUT2D eigenvalue weighted by molar-refractivity contribution is -0.108. The Morgan fingerprint density at radius 2 is 2.32 bits per heavy atom. The van der Waals surface area contributed by atoms with Crippen LogP contribution >= 0.6 is 11.3 Å². The number of carbonyl (C=O) groups excluding carboxylic acids is 1. The first kappa shape index (κ1) is 14.2. The van der Waals surface area contributed by atoms with Gasteiger partial charge in [0.2, 0.25) is 0 Å². The van der Waals surface area contributed by atoms with E-state index in [1.165, 1.54) is 11.3 Å². The number of nitrogens with zero attached hydrogens (tertiary/aromatic N) is 2. The van der Waals surface area contributed by atoms with Gasteiger partial charge in [-0.2, -0.15) is 5.10 Å². The second-order valence-electron chi connectivity index (χ2n) is 7.05. The maximum absolute atomic E-state index is 12.6. The van der Waals surface area contributed by atoms with E-state index < -0.39 is 0 Å². The Bertz CT molecular complexity index is 726. The van der Waals surface area contributed by atoms with E-state index in [4.69, 9.17) is 4.74 Å². The molecule has 2 aromatic heterocycles. The molecule has 1 aliphatic carbocycles. The molecule has 2 fully saturated rings. The molecule has 0 spiro atoms. The molecule has 0 radical (unpaired) electrons. The van der Waals surface area contributed by atoms with E-state index in [-0.39, 0.29) is 17.4 Å². The van der Waals surface area contributed by atoms with Gasteiger partial charge in [-0.1, -0.05) is 13.8 Å². The number of fused-ring (bicyclic) bond motifs is 2. The summed E-state index contributed by atoms with van der Waals surface area (Å²) in [6.07, 6.45) is 1.35. The molecular weight excluding hydrogens is 298 g/mol. The highest BCUT2D eigenvalue weighted by molar-refractivity contribution is 7.20. The van der Waals surface area contributed by atoms with Crippen LogP contribution in [0.25, 0.3) is 10.2 Å². The molecule has 1 N–H and O–H groups in total. The molecule has 0 bridgehead atoms. The maximum Gasteiger partial charge on any atom is 0.261 e. The summed E-state index contributed by atoms with van der Waals surface area (Å²) in [7, 11) is 1.92. The smallest absolute Gasteiger partial charge is 0.261 e. The van der Waals surface area contributed by atoms with Crippen LogP contribution in [0.5, 0.6) is 0 Å². The van der Waals surface area contributed by atoms with Gasteiger partial charge in [-0.25, -0.2) is 0 Å². The fourth-order valence-corrected chi connectivity index (χ4v) is 5.17. The Hall–Kier alpha value is -1.40. The number of hydrogen-bond donors (Lipinski definition) is 1. The first-order chi connectivity index (χ1) is 10.4. The van der Waals surface area contributed by atoms with Crippen molar-refractivity contribution < 1.29 is 9.53 Å². The fraction of sp³-hybridized carbons (Fsp3) is 0.625. The molecule has 5 nitrogen and oxygen atoms in total. The van der Waals surface area contributed by atoms with E-state index in [0.29, 0.717) is 12.0 Å². The molecule has 1 aliphatic heterocycles. The molecule has 1 saturated heterocycles. The predicted molar refractivity (Wildman–Crippen MR) is 86.2 cm³/mol. The van der Waals surface area contributed by atoms with Crippen molar-refractivity contribution in [2.45, 2.75) is 39.3 Å². The largest absolute Gasteiger partial charge is 0.377 e. The van der Waals surface area contributed by atoms with Crippen molar-refractivity contribution in [1.29, 1.82) is 0 Å². The van der Waals surface area contributed by atoms with Crippen molar-refractivity contribution in [3.63, 3.8) is 0 Å². The number of aryl methyl sites for hydroxylation is 2. The zero-order chi connectivity index (χ0) is 15.6. The van der Waals surface area contributed by atoms with Gasteiger partial charge >= 0.3 is 0 Å². The molecule has 3 atom stereocenters. The van der Waals surface area contributed by atoms with Crippen LogP contribution in [0.3, 0.4) is 0 Å². The van der Waals surface area contributed by atoms with Crippen LogP contribution in [0.2, 0.25) is 0 Å². The first-order valence-electron chi connectivity index (χ1n) is 7.75. The monoisotopic (exact) mass is 319 g/mol. The highest BCUT2D eigenvalue weighted by Gasteiger charge is 2.59. The molecule has 0 unspecified atom stereocenters. The second kappa shape index (κ2) is 4.55. The molecule has 2 aromatic rings. The summed E-state index contributed by atoms with van der Waals surface area (Å²) in [5, 5.41) is 8.71. The van der Waals surface area contributed by atoms with E-state index in [9.17, 15) is 4.79 Å². The number of rotatable bonds is 2. The minimum absolute atomic E-state index is 0.0188. The van der Waals surface area contributed by atoms with Gasteiger partial charge < -0.3 is 10.1 Å². The van der Waals surface area contributed by atoms with Gasteiger partial charge in [0, 0.05) is 36.4 Å². The normalized spacial score (nSPS) is 29.4. The molecule has 1 saturated carbocycles. The van der Waals surface area contributed by atoms with E-state index in [2.05, 4.69) is 24.3 Å². The fourth-order valence-electron chi connectivity index (χ4n) is 4.15. The first-order valence-corrected chi connectivity index (χ1v) is 8.57. The number of amides is 1. The zero-order valence-corrected chi connectivity index (χ0v) is 14.2. The number of thiophene rings is 1. The highest BCUT2D eigenvalue weighted by atomic mass is 32.1. The summed E-state index contributed by atoms with van der Waals surface area (Å²) in [5.74, 6) is 0.501. The third kappa shape index (κ3) is 1.80. The quantitative estimate of drug-likeness (QED) is 0.925. The summed E-state index contributed by atoms with van der Waals surface area (Å²) >= 11 is 1.51. The molecule has 1 amide bonds. The number of nitrogens with one attached hydrogen (secondary N) is 1. The van der Waals surface area contributed by atoms with Gasteiger partial charge in [0.1, 0.15) is 4.83 Å². The van der Waals surface area contributed by atoms with Crippen LogP contribution in [0.1, 0.15) is 35.6 Å². The SMILES string of the molecule is Cc1nn(C)c2sc(C(=O)N[C@@H]3[C@@H]4CCO[C@H]4C3(C)C)cc12. The van der Waals surface area contributed by atoms with E-state index in [1.54, 1.807) is 0 Å². The van der Waals surface area contributed by atoms with Crippen LogP contribution < -0.4 is 5.32 Å². The van der Waals surface area contributed by atoms with Crippen LogP contribution in [0.15, 0.2) is 6.07 Å². The van der Waals surface area contributed by atoms with Crippen molar-refractivity contribution >= 4 is 27.5 Å². The van der Waals surface area contributed by atoms with E-state index >= 15 is 0 Å². The zero-order valence-electron chi connectivity index (χ0n) is 13.3. The van der Waals surface area contributed by atoms with E-state index in [0.717, 1.165) is 33.8 Å². The molecule has 2 aliphatic rings. The minimum atomic E-state index is 0.0188. The summed E-state index contributed by atoms with van der Waals surface area (Å²) in [5.41, 5.74) is 0.992. The van der Waals surface area contributed by atoms with Crippen molar-refractivity contribution in [3.05, 3.63) is 16.6 Å². The van der Waals surface area contributed by atoms with Crippen LogP contribution in [0, 0.1) is 18.3 Å². The Labute approximate surface area is 133 Å². The summed E-state index contributed by atoms with van der Waals surface area (Å²) in [6, 6.07) is 2.17. The van der Waals surface area contributed by atoms with E-state index in [1.807, 2.05) is 24.7 Å². The lowest BCUT2D eigenvalue weighted by atomic mass is 9.57. The van der Waals surface area contributed by atoms with Gasteiger partial charge in [0.05, 0.1) is 16.7 Å². The lowest BCUT2D eigenvalue weighted by Gasteiger charge is -2.54. The third-order valence-electron chi connectivity index (χ3n) is 5.31. The minimum Gasteiger partial charge on any atom is -0.377 e. The van der Waals surface area contributed by atoms with Gasteiger partial charge in [0.15, 0.2) is 0 Å². The average molecular weight is 319 g/mol. The van der Waals surface area contributed by atoms with Crippen molar-refractivity contribution in [1.82, 2.24) is 15.1 Å². The Morgan fingerprint density at radius 3 is 3.05 bits per heavy atom. The molecule has 0 aromatic carbocycles. The van der Waals surface area contributed by atoms with Crippen LogP contribution in [-0.4, -0.2) is 34.4 Å². The topological polar surface area (TPSA) is 56.2 Å². The predicted octanol–water partition coefficient (Wildman–Crippen LogP) is 2.49. The molecule has 3 heterocycles. The lowest BCUT2D eigenvalue weighted by Crippen LogP contribution is -2.66. The number of aromatic nitrogens is 2. The number of ether oxygens (including phenoxy) is 1. The standard InChI is InChI=1S/C16H21N3O2S/c1-8-10-7-11(22-15(10)19(4)18-8)14(20)17-12-9-5-6-21-13(9)16(12,2)3/h7,9,12-13H,5-6H2,1-4H3,(H,17,20)/t9-,12+,13+/m0/s1. The van der Waals surface area contributed by atoms with Gasteiger partial charge in [0.25, 0.3) is 5.91 Å². The second-order valence-corrected chi connectivity index (χ2v) is 8.09. The summed E-state index contributed by atoms with van der Waals surface area (Å²) < 4.78 is 7.64. The molecular formula is C16H21N3O2S. The molecule has 118 valence electrons. The maximum atomic E-state index is 12.6. The van der Waals surface area contributed by atoms with Crippen molar-refractivity contribution in [2.24, 2.45) is 18.4 Å². The Kier molecular flexibility index (Phi) is 2.94. The number of hydrogen-bond acceptors (Lipinski definition) is 4. The summed E-state index contributed by atoms with van der Waals surface area (Å²) in [6.45, 7) is 7.16.